The lowest BCUT2D eigenvalue weighted by molar-refractivity contribution is 0.604. The Labute approximate surface area is 75.6 Å². The van der Waals surface area contributed by atoms with E-state index in [1.165, 1.54) is 10.8 Å². The second kappa shape index (κ2) is 2.36. The van der Waals surface area contributed by atoms with Crippen LogP contribution in [0.2, 0.25) is 0 Å². The molecule has 2 aromatic carbocycles. The van der Waals surface area contributed by atoms with Gasteiger partial charge in [-0.1, -0.05) is 18.2 Å². The average molecular weight is 168 g/mol. The van der Waals surface area contributed by atoms with Crippen molar-refractivity contribution in [1.82, 2.24) is 0 Å². The third kappa shape index (κ3) is 0.937. The van der Waals surface area contributed by atoms with Crippen molar-refractivity contribution in [2.75, 3.05) is 0 Å². The predicted molar refractivity (Wildman–Crippen MR) is 53.7 cm³/mol. The third-order valence-corrected chi connectivity index (χ3v) is 2.32. The Balaban J connectivity index is 2.57. The van der Waals surface area contributed by atoms with Gasteiger partial charge in [0.25, 0.3) is 0 Å². The first kappa shape index (κ1) is 6.72. The van der Waals surface area contributed by atoms with Crippen molar-refractivity contribution in [3.05, 3.63) is 48.7 Å². The van der Waals surface area contributed by atoms with Crippen LogP contribution in [0.15, 0.2) is 53.1 Å². The van der Waals surface area contributed by atoms with E-state index in [1.807, 2.05) is 6.07 Å². The zero-order chi connectivity index (χ0) is 8.67. The van der Waals surface area contributed by atoms with E-state index in [4.69, 9.17) is 4.42 Å². The van der Waals surface area contributed by atoms with Crippen LogP contribution in [0.25, 0.3) is 21.7 Å². The van der Waals surface area contributed by atoms with Gasteiger partial charge in [0.05, 0.1) is 6.26 Å². The molecule has 0 saturated heterocycles. The van der Waals surface area contributed by atoms with Crippen LogP contribution in [-0.4, -0.2) is 0 Å². The van der Waals surface area contributed by atoms with Crippen LogP contribution in [0.1, 0.15) is 0 Å². The number of rotatable bonds is 0. The van der Waals surface area contributed by atoms with E-state index in [2.05, 4.69) is 36.4 Å². The van der Waals surface area contributed by atoms with Gasteiger partial charge in [-0.05, 0) is 35.0 Å². The summed E-state index contributed by atoms with van der Waals surface area (Å²) in [5.41, 5.74) is 0.946. The topological polar surface area (TPSA) is 13.1 Å². The van der Waals surface area contributed by atoms with Crippen molar-refractivity contribution in [3.63, 3.8) is 0 Å². The van der Waals surface area contributed by atoms with Crippen LogP contribution in [0.4, 0.5) is 0 Å². The van der Waals surface area contributed by atoms with E-state index < -0.39 is 0 Å². The van der Waals surface area contributed by atoms with Gasteiger partial charge >= 0.3 is 0 Å². The van der Waals surface area contributed by atoms with E-state index in [1.54, 1.807) is 6.26 Å². The molecule has 3 aromatic rings. The quantitative estimate of drug-likeness (QED) is 0.500. The molecular weight excluding hydrogens is 160 g/mol. The van der Waals surface area contributed by atoms with E-state index in [-0.39, 0.29) is 0 Å². The molecule has 0 bridgehead atoms. The summed E-state index contributed by atoms with van der Waals surface area (Å²) in [7, 11) is 0. The fourth-order valence-electron chi connectivity index (χ4n) is 1.66. The predicted octanol–water partition coefficient (Wildman–Crippen LogP) is 3.59. The van der Waals surface area contributed by atoms with Crippen LogP contribution >= 0.6 is 0 Å². The lowest BCUT2D eigenvalue weighted by Gasteiger charge is -1.96. The van der Waals surface area contributed by atoms with E-state index >= 15 is 0 Å². The Hall–Kier alpha value is -1.76. The molecule has 13 heavy (non-hydrogen) atoms. The first-order valence-corrected chi connectivity index (χ1v) is 4.29. The molecule has 0 unspecified atom stereocenters. The van der Waals surface area contributed by atoms with Crippen molar-refractivity contribution in [1.29, 1.82) is 0 Å². The van der Waals surface area contributed by atoms with Crippen LogP contribution in [0.5, 0.6) is 0 Å². The van der Waals surface area contributed by atoms with Gasteiger partial charge in [-0.15, -0.1) is 0 Å². The SMILES string of the molecule is c1cc2cc3cccoc3cc2c1. The minimum atomic E-state index is 0.946. The highest BCUT2D eigenvalue weighted by Crippen LogP contribution is 2.22. The van der Waals surface area contributed by atoms with Crippen molar-refractivity contribution in [3.8, 4) is 0 Å². The molecule has 0 aliphatic heterocycles. The maximum absolute atomic E-state index is 5.39. The molecule has 0 aliphatic rings. The highest BCUT2D eigenvalue weighted by molar-refractivity contribution is 5.96. The van der Waals surface area contributed by atoms with E-state index in [9.17, 15) is 0 Å². The summed E-state index contributed by atoms with van der Waals surface area (Å²) in [5.74, 6) is 0. The fraction of sp³-hybridized carbons (Fsp3) is 0. The van der Waals surface area contributed by atoms with Gasteiger partial charge in [-0.3, -0.25) is 0 Å². The van der Waals surface area contributed by atoms with Gasteiger partial charge < -0.3 is 4.42 Å². The molecule has 1 heteroatoms. The standard InChI is InChI=1S/C12H8O/c1-3-9-7-11-5-2-6-13-12(11)8-10(9)4-1/h1-8H. The Morgan fingerprint density at radius 2 is 1.54 bits per heavy atom. The van der Waals surface area contributed by atoms with Crippen molar-refractivity contribution >= 4 is 21.7 Å². The Morgan fingerprint density at radius 1 is 0.769 bits per heavy atom. The highest BCUT2D eigenvalue weighted by atomic mass is 16.3. The fourth-order valence-corrected chi connectivity index (χ4v) is 1.66. The van der Waals surface area contributed by atoms with Crippen LogP contribution in [-0.2, 0) is 0 Å². The smallest absolute Gasteiger partial charge is 0.134 e. The molecular formula is C12H8O. The summed E-state index contributed by atoms with van der Waals surface area (Å²) in [6.07, 6.45) is 1.71. The van der Waals surface area contributed by atoms with E-state index in [0.29, 0.717) is 0 Å². The lowest BCUT2D eigenvalue weighted by Crippen LogP contribution is -1.70. The molecule has 1 nitrogen and oxygen atoms in total. The number of hydrogen-bond donors (Lipinski definition) is 0. The summed E-state index contributed by atoms with van der Waals surface area (Å²) >= 11 is 0. The molecule has 0 N–H and O–H groups in total. The molecule has 62 valence electrons. The maximum atomic E-state index is 5.39. The molecule has 0 aliphatic carbocycles. The Bertz CT molecular complexity index is 514. The molecule has 0 radical (unpaired) electrons. The molecule has 0 spiro atoms. The molecule has 0 fully saturated rings. The maximum Gasteiger partial charge on any atom is 0.134 e. The van der Waals surface area contributed by atoms with Crippen LogP contribution < -0.4 is 0 Å². The van der Waals surface area contributed by atoms with Gasteiger partial charge in [0.15, 0.2) is 0 Å². The van der Waals surface area contributed by atoms with Crippen molar-refractivity contribution in [2.45, 2.75) is 0 Å². The first-order valence-electron chi connectivity index (χ1n) is 4.29. The normalized spacial score (nSPS) is 11.1. The Kier molecular flexibility index (Phi) is 1.22. The van der Waals surface area contributed by atoms with Crippen molar-refractivity contribution in [2.24, 2.45) is 0 Å². The monoisotopic (exact) mass is 168 g/mol. The number of hydrogen-bond acceptors (Lipinski definition) is 1. The van der Waals surface area contributed by atoms with Crippen LogP contribution in [0, 0.1) is 0 Å². The molecule has 0 amide bonds. The molecule has 0 atom stereocenters. The second-order valence-corrected chi connectivity index (χ2v) is 3.16. The Morgan fingerprint density at radius 3 is 2.46 bits per heavy atom. The van der Waals surface area contributed by atoms with Crippen LogP contribution in [0.3, 0.4) is 0 Å². The van der Waals surface area contributed by atoms with Gasteiger partial charge in [0.2, 0.25) is 0 Å². The second-order valence-electron chi connectivity index (χ2n) is 3.16. The number of benzene rings is 1. The van der Waals surface area contributed by atoms with Gasteiger partial charge in [-0.25, -0.2) is 0 Å². The van der Waals surface area contributed by atoms with Crippen molar-refractivity contribution < 1.29 is 4.42 Å². The minimum Gasteiger partial charge on any atom is -0.464 e. The molecule has 3 rings (SSSR count). The van der Waals surface area contributed by atoms with Gasteiger partial charge in [0.1, 0.15) is 5.58 Å². The number of fused-ring (bicyclic) bond motifs is 2. The third-order valence-electron chi connectivity index (χ3n) is 2.32. The zero-order valence-corrected chi connectivity index (χ0v) is 7.03. The lowest BCUT2D eigenvalue weighted by atomic mass is 10.1. The first-order chi connectivity index (χ1) is 6.43. The molecule has 1 aromatic heterocycles. The molecule has 1 heterocycles. The zero-order valence-electron chi connectivity index (χ0n) is 7.03. The summed E-state index contributed by atoms with van der Waals surface area (Å²) < 4.78 is 5.39. The largest absolute Gasteiger partial charge is 0.464 e. The van der Waals surface area contributed by atoms with Gasteiger partial charge in [-0.2, -0.15) is 0 Å². The van der Waals surface area contributed by atoms with E-state index in [0.717, 1.165) is 11.0 Å². The summed E-state index contributed by atoms with van der Waals surface area (Å²) in [6.45, 7) is 0. The molecule has 0 saturated carbocycles. The summed E-state index contributed by atoms with van der Waals surface area (Å²) in [6, 6.07) is 14.5. The highest BCUT2D eigenvalue weighted by Gasteiger charge is 1.98. The minimum absolute atomic E-state index is 0.946. The summed E-state index contributed by atoms with van der Waals surface area (Å²) in [4.78, 5) is 0. The average Bonchev–Trinajstić information content (AvgIpc) is 2.61. The van der Waals surface area contributed by atoms with Gasteiger partial charge in [0, 0.05) is 5.39 Å². The summed E-state index contributed by atoms with van der Waals surface area (Å²) in [5, 5.41) is 3.66.